The van der Waals surface area contributed by atoms with Crippen molar-refractivity contribution >= 4 is 17.4 Å². The summed E-state index contributed by atoms with van der Waals surface area (Å²) in [5, 5.41) is 6.21. The van der Waals surface area contributed by atoms with Gasteiger partial charge in [-0.25, -0.2) is 4.98 Å². The maximum absolute atomic E-state index is 12.5. The van der Waals surface area contributed by atoms with Crippen molar-refractivity contribution in [2.45, 2.75) is 19.9 Å². The Morgan fingerprint density at radius 2 is 1.85 bits per heavy atom. The molecule has 2 aromatic carbocycles. The van der Waals surface area contributed by atoms with Gasteiger partial charge < -0.3 is 16.4 Å². The van der Waals surface area contributed by atoms with Crippen LogP contribution in [0.5, 0.6) is 0 Å². The van der Waals surface area contributed by atoms with Gasteiger partial charge in [-0.05, 0) is 48.2 Å². The number of aryl methyl sites for hydroxylation is 1. The van der Waals surface area contributed by atoms with E-state index in [9.17, 15) is 4.79 Å². The van der Waals surface area contributed by atoms with Gasteiger partial charge in [0.2, 0.25) is 0 Å². The van der Waals surface area contributed by atoms with Crippen LogP contribution in [-0.4, -0.2) is 17.4 Å². The number of hydrogen-bond acceptors (Lipinski definition) is 4. The summed E-state index contributed by atoms with van der Waals surface area (Å²) < 4.78 is 0. The summed E-state index contributed by atoms with van der Waals surface area (Å²) in [6.07, 6.45) is 2.50. The molecule has 0 fully saturated rings. The third kappa shape index (κ3) is 5.15. The van der Waals surface area contributed by atoms with Crippen LogP contribution in [0.4, 0.5) is 11.5 Å². The van der Waals surface area contributed by atoms with E-state index >= 15 is 0 Å². The Bertz CT molecular complexity index is 892. The van der Waals surface area contributed by atoms with Crippen molar-refractivity contribution in [3.63, 3.8) is 0 Å². The minimum absolute atomic E-state index is 0.185. The SMILES string of the molecule is Cc1ccc(CN)cc1NC(=O)c1ccc(NCCc2ccccc2)nc1. The van der Waals surface area contributed by atoms with Crippen LogP contribution >= 0.6 is 0 Å². The third-order valence-corrected chi connectivity index (χ3v) is 4.37. The van der Waals surface area contributed by atoms with Crippen LogP contribution in [0.2, 0.25) is 0 Å². The van der Waals surface area contributed by atoms with Crippen molar-refractivity contribution in [2.24, 2.45) is 5.73 Å². The molecule has 0 aliphatic heterocycles. The van der Waals surface area contributed by atoms with Crippen molar-refractivity contribution in [3.8, 4) is 0 Å². The van der Waals surface area contributed by atoms with Gasteiger partial charge in [-0.2, -0.15) is 0 Å². The molecule has 0 unspecified atom stereocenters. The van der Waals surface area contributed by atoms with E-state index in [0.717, 1.165) is 35.6 Å². The van der Waals surface area contributed by atoms with Gasteiger partial charge in [0, 0.05) is 25.0 Å². The second-order valence-electron chi connectivity index (χ2n) is 6.40. The van der Waals surface area contributed by atoms with Gasteiger partial charge >= 0.3 is 0 Å². The maximum atomic E-state index is 12.5. The predicted molar refractivity (Wildman–Crippen MR) is 110 cm³/mol. The van der Waals surface area contributed by atoms with E-state index in [0.29, 0.717) is 12.1 Å². The number of nitrogens with two attached hydrogens (primary N) is 1. The molecule has 0 bridgehead atoms. The molecule has 0 saturated heterocycles. The highest BCUT2D eigenvalue weighted by molar-refractivity contribution is 6.04. The standard InChI is InChI=1S/C22H24N4O/c1-16-7-8-18(14-23)13-20(16)26-22(27)19-9-10-21(25-15-19)24-12-11-17-5-3-2-4-6-17/h2-10,13,15H,11-12,14,23H2,1H3,(H,24,25)(H,26,27). The lowest BCUT2D eigenvalue weighted by Crippen LogP contribution is -2.14. The van der Waals surface area contributed by atoms with Gasteiger partial charge in [-0.1, -0.05) is 42.5 Å². The second-order valence-corrected chi connectivity index (χ2v) is 6.40. The Hall–Kier alpha value is -3.18. The molecule has 0 spiro atoms. The maximum Gasteiger partial charge on any atom is 0.257 e. The number of pyridine rings is 1. The summed E-state index contributed by atoms with van der Waals surface area (Å²) in [6, 6.07) is 19.7. The quantitative estimate of drug-likeness (QED) is 0.599. The smallest absolute Gasteiger partial charge is 0.257 e. The molecule has 1 aromatic heterocycles. The minimum atomic E-state index is -0.185. The molecule has 1 heterocycles. The summed E-state index contributed by atoms with van der Waals surface area (Å²) in [7, 11) is 0. The summed E-state index contributed by atoms with van der Waals surface area (Å²) in [4.78, 5) is 16.8. The molecule has 3 aromatic rings. The minimum Gasteiger partial charge on any atom is -0.370 e. The molecule has 0 radical (unpaired) electrons. The van der Waals surface area contributed by atoms with Gasteiger partial charge in [-0.3, -0.25) is 4.79 Å². The zero-order valence-electron chi connectivity index (χ0n) is 15.4. The Labute approximate surface area is 159 Å². The van der Waals surface area contributed by atoms with Crippen LogP contribution in [0.15, 0.2) is 66.9 Å². The average Bonchev–Trinajstić information content (AvgIpc) is 2.71. The molecule has 3 rings (SSSR count). The molecule has 4 N–H and O–H groups in total. The van der Waals surface area contributed by atoms with Crippen LogP contribution in [0, 0.1) is 6.92 Å². The number of carbonyl (C=O) groups excluding carboxylic acids is 1. The highest BCUT2D eigenvalue weighted by atomic mass is 16.1. The van der Waals surface area contributed by atoms with Crippen molar-refractivity contribution in [1.82, 2.24) is 4.98 Å². The summed E-state index contributed by atoms with van der Waals surface area (Å²) in [6.45, 7) is 3.18. The molecule has 0 atom stereocenters. The fraction of sp³-hybridized carbons (Fsp3) is 0.182. The van der Waals surface area contributed by atoms with Gasteiger partial charge in [-0.15, -0.1) is 0 Å². The molecule has 1 amide bonds. The van der Waals surface area contributed by atoms with Crippen LogP contribution in [-0.2, 0) is 13.0 Å². The number of hydrogen-bond donors (Lipinski definition) is 3. The first-order chi connectivity index (χ1) is 13.2. The number of benzene rings is 2. The van der Waals surface area contributed by atoms with Gasteiger partial charge in [0.25, 0.3) is 5.91 Å². The van der Waals surface area contributed by atoms with Crippen molar-refractivity contribution in [3.05, 3.63) is 89.1 Å². The number of carbonyl (C=O) groups is 1. The Morgan fingerprint density at radius 1 is 1.04 bits per heavy atom. The molecule has 0 aliphatic carbocycles. The van der Waals surface area contributed by atoms with E-state index < -0.39 is 0 Å². The van der Waals surface area contributed by atoms with Crippen LogP contribution < -0.4 is 16.4 Å². The van der Waals surface area contributed by atoms with E-state index in [1.807, 2.05) is 49.4 Å². The number of nitrogens with one attached hydrogen (secondary N) is 2. The number of nitrogens with zero attached hydrogens (tertiary/aromatic N) is 1. The molecule has 5 heteroatoms. The lowest BCUT2D eigenvalue weighted by atomic mass is 10.1. The second kappa shape index (κ2) is 8.96. The zero-order valence-corrected chi connectivity index (χ0v) is 15.4. The molecular formula is C22H24N4O. The van der Waals surface area contributed by atoms with Crippen molar-refractivity contribution < 1.29 is 4.79 Å². The largest absolute Gasteiger partial charge is 0.370 e. The monoisotopic (exact) mass is 360 g/mol. The van der Waals surface area contributed by atoms with Crippen molar-refractivity contribution in [2.75, 3.05) is 17.2 Å². The predicted octanol–water partition coefficient (Wildman–Crippen LogP) is 3.76. The first-order valence-electron chi connectivity index (χ1n) is 9.00. The Morgan fingerprint density at radius 3 is 2.56 bits per heavy atom. The van der Waals surface area contributed by atoms with Crippen LogP contribution in [0.25, 0.3) is 0 Å². The van der Waals surface area contributed by atoms with Gasteiger partial charge in [0.1, 0.15) is 5.82 Å². The Kier molecular flexibility index (Phi) is 6.18. The van der Waals surface area contributed by atoms with Gasteiger partial charge in [0.15, 0.2) is 0 Å². The third-order valence-electron chi connectivity index (χ3n) is 4.37. The van der Waals surface area contributed by atoms with Crippen LogP contribution in [0.3, 0.4) is 0 Å². The molecule has 0 aliphatic rings. The number of rotatable bonds is 7. The summed E-state index contributed by atoms with van der Waals surface area (Å²) in [5.41, 5.74) is 10.2. The highest BCUT2D eigenvalue weighted by Crippen LogP contribution is 2.18. The molecule has 138 valence electrons. The fourth-order valence-corrected chi connectivity index (χ4v) is 2.74. The first-order valence-corrected chi connectivity index (χ1v) is 9.00. The van der Waals surface area contributed by atoms with E-state index in [-0.39, 0.29) is 5.91 Å². The zero-order chi connectivity index (χ0) is 19.1. The van der Waals surface area contributed by atoms with Gasteiger partial charge in [0.05, 0.1) is 5.56 Å². The van der Waals surface area contributed by atoms with Crippen molar-refractivity contribution in [1.29, 1.82) is 0 Å². The molecule has 0 saturated carbocycles. The normalized spacial score (nSPS) is 10.4. The highest BCUT2D eigenvalue weighted by Gasteiger charge is 2.09. The Balaban J connectivity index is 1.57. The lowest BCUT2D eigenvalue weighted by Gasteiger charge is -2.11. The molecular weight excluding hydrogens is 336 g/mol. The molecule has 27 heavy (non-hydrogen) atoms. The van der Waals surface area contributed by atoms with E-state index in [2.05, 4.69) is 27.8 Å². The van der Waals surface area contributed by atoms with E-state index in [1.165, 1.54) is 5.56 Å². The first kappa shape index (κ1) is 18.6. The topological polar surface area (TPSA) is 80.0 Å². The van der Waals surface area contributed by atoms with Crippen LogP contribution in [0.1, 0.15) is 27.0 Å². The van der Waals surface area contributed by atoms with E-state index in [1.54, 1.807) is 12.3 Å². The number of aromatic nitrogens is 1. The average molecular weight is 360 g/mol. The molecule has 5 nitrogen and oxygen atoms in total. The summed E-state index contributed by atoms with van der Waals surface area (Å²) >= 11 is 0. The van der Waals surface area contributed by atoms with E-state index in [4.69, 9.17) is 5.73 Å². The summed E-state index contributed by atoms with van der Waals surface area (Å²) in [5.74, 6) is 0.569. The number of amides is 1. The fourth-order valence-electron chi connectivity index (χ4n) is 2.74. The lowest BCUT2D eigenvalue weighted by molar-refractivity contribution is 0.102. The number of anilines is 2.